The van der Waals surface area contributed by atoms with Gasteiger partial charge in [-0.25, -0.2) is 0 Å². The summed E-state index contributed by atoms with van der Waals surface area (Å²) in [5, 5.41) is 7.83. The minimum atomic E-state index is -0.787. The van der Waals surface area contributed by atoms with E-state index < -0.39 is 11.8 Å². The molecule has 2 heterocycles. The third kappa shape index (κ3) is 5.90. The fourth-order valence-electron chi connectivity index (χ4n) is 3.12. The molecule has 154 valence electrons. The van der Waals surface area contributed by atoms with E-state index in [4.69, 9.17) is 9.15 Å². The lowest BCUT2D eigenvalue weighted by Crippen LogP contribution is -2.45. The number of rotatable bonds is 6. The van der Waals surface area contributed by atoms with E-state index in [1.54, 1.807) is 36.6 Å². The van der Waals surface area contributed by atoms with E-state index in [1.165, 1.54) is 6.92 Å². The van der Waals surface area contributed by atoms with Crippen LogP contribution in [0.15, 0.2) is 47.1 Å². The Morgan fingerprint density at radius 1 is 1.03 bits per heavy atom. The Hall–Kier alpha value is -3.17. The first kappa shape index (κ1) is 20.6. The molecule has 1 aromatic carbocycles. The number of nitrogens with one attached hydrogen (secondary N) is 3. The Morgan fingerprint density at radius 2 is 1.76 bits per heavy atom. The molecule has 9 nitrogen and oxygen atoms in total. The SMILES string of the molecule is CC(=O)Nc1cccc(NC(=O)C(=O)NCC(c2ccco2)N2CCOCC2)c1. The summed E-state index contributed by atoms with van der Waals surface area (Å²) in [6.45, 7) is 4.26. The predicted octanol–water partition coefficient (Wildman–Crippen LogP) is 1.37. The Labute approximate surface area is 168 Å². The zero-order valence-electron chi connectivity index (χ0n) is 16.1. The van der Waals surface area contributed by atoms with Gasteiger partial charge in [-0.2, -0.15) is 0 Å². The summed E-state index contributed by atoms with van der Waals surface area (Å²) in [4.78, 5) is 37.9. The molecule has 1 fully saturated rings. The fraction of sp³-hybridized carbons (Fsp3) is 0.350. The van der Waals surface area contributed by atoms with Gasteiger partial charge in [0.2, 0.25) is 5.91 Å². The number of hydrogen-bond acceptors (Lipinski definition) is 6. The number of carbonyl (C=O) groups excluding carboxylic acids is 3. The Kier molecular flexibility index (Phi) is 6.99. The van der Waals surface area contributed by atoms with Crippen molar-refractivity contribution < 1.29 is 23.5 Å². The van der Waals surface area contributed by atoms with E-state index in [0.717, 1.165) is 5.76 Å². The van der Waals surface area contributed by atoms with Crippen molar-refractivity contribution in [3.8, 4) is 0 Å². The molecule has 0 bridgehead atoms. The molecule has 2 aromatic rings. The molecule has 1 unspecified atom stereocenters. The fourth-order valence-corrected chi connectivity index (χ4v) is 3.12. The zero-order chi connectivity index (χ0) is 20.6. The van der Waals surface area contributed by atoms with Crippen molar-refractivity contribution >= 4 is 29.1 Å². The first-order valence-corrected chi connectivity index (χ1v) is 9.35. The summed E-state index contributed by atoms with van der Waals surface area (Å²) in [7, 11) is 0. The molecule has 0 saturated carbocycles. The molecule has 3 amide bonds. The summed E-state index contributed by atoms with van der Waals surface area (Å²) in [5.41, 5.74) is 0.938. The van der Waals surface area contributed by atoms with Crippen molar-refractivity contribution in [1.82, 2.24) is 10.2 Å². The first-order chi connectivity index (χ1) is 14.0. The van der Waals surface area contributed by atoms with Gasteiger partial charge < -0.3 is 25.1 Å². The molecule has 0 aliphatic carbocycles. The topological polar surface area (TPSA) is 113 Å². The van der Waals surface area contributed by atoms with E-state index in [-0.39, 0.29) is 18.5 Å². The van der Waals surface area contributed by atoms with Gasteiger partial charge in [0, 0.05) is 37.9 Å². The van der Waals surface area contributed by atoms with Crippen LogP contribution in [0.2, 0.25) is 0 Å². The van der Waals surface area contributed by atoms with Gasteiger partial charge in [0.25, 0.3) is 0 Å². The quantitative estimate of drug-likeness (QED) is 0.631. The molecule has 0 radical (unpaired) electrons. The molecule has 1 aliphatic heterocycles. The highest BCUT2D eigenvalue weighted by Crippen LogP contribution is 2.21. The maximum absolute atomic E-state index is 12.3. The molecule has 0 spiro atoms. The second-order valence-corrected chi connectivity index (χ2v) is 6.61. The molecule has 9 heteroatoms. The average Bonchev–Trinajstić information content (AvgIpc) is 3.23. The summed E-state index contributed by atoms with van der Waals surface area (Å²) in [6, 6.07) is 10.0. The number of carbonyl (C=O) groups is 3. The van der Waals surface area contributed by atoms with Crippen molar-refractivity contribution in [2.24, 2.45) is 0 Å². The van der Waals surface area contributed by atoms with Crippen LogP contribution in [0.3, 0.4) is 0 Å². The highest BCUT2D eigenvalue weighted by molar-refractivity contribution is 6.39. The summed E-state index contributed by atoms with van der Waals surface area (Å²) < 4.78 is 10.9. The van der Waals surface area contributed by atoms with Gasteiger partial charge in [0.05, 0.1) is 25.5 Å². The Morgan fingerprint density at radius 3 is 2.41 bits per heavy atom. The van der Waals surface area contributed by atoms with Crippen molar-refractivity contribution in [2.45, 2.75) is 13.0 Å². The first-order valence-electron chi connectivity index (χ1n) is 9.35. The van der Waals surface area contributed by atoms with Crippen LogP contribution < -0.4 is 16.0 Å². The average molecular weight is 400 g/mol. The molecular weight excluding hydrogens is 376 g/mol. The minimum absolute atomic E-state index is 0.186. The van der Waals surface area contributed by atoms with E-state index in [9.17, 15) is 14.4 Å². The number of hydrogen-bond donors (Lipinski definition) is 3. The van der Waals surface area contributed by atoms with Gasteiger partial charge in [-0.3, -0.25) is 19.3 Å². The van der Waals surface area contributed by atoms with Gasteiger partial charge in [0.15, 0.2) is 0 Å². The van der Waals surface area contributed by atoms with Crippen molar-refractivity contribution in [1.29, 1.82) is 0 Å². The molecule has 1 atom stereocenters. The van der Waals surface area contributed by atoms with Crippen molar-refractivity contribution in [3.63, 3.8) is 0 Å². The number of morpholine rings is 1. The number of anilines is 2. The van der Waals surface area contributed by atoms with Crippen LogP contribution in [0.5, 0.6) is 0 Å². The van der Waals surface area contributed by atoms with E-state index in [0.29, 0.717) is 37.7 Å². The van der Waals surface area contributed by atoms with Gasteiger partial charge in [0.1, 0.15) is 5.76 Å². The van der Waals surface area contributed by atoms with Crippen molar-refractivity contribution in [2.75, 3.05) is 43.5 Å². The lowest BCUT2D eigenvalue weighted by Gasteiger charge is -2.33. The van der Waals surface area contributed by atoms with E-state index >= 15 is 0 Å². The predicted molar refractivity (Wildman–Crippen MR) is 106 cm³/mol. The Bertz CT molecular complexity index is 846. The summed E-state index contributed by atoms with van der Waals surface area (Å²) in [5.74, 6) is -1.04. The number of furan rings is 1. The zero-order valence-corrected chi connectivity index (χ0v) is 16.1. The molecule has 1 aliphatic rings. The monoisotopic (exact) mass is 400 g/mol. The molecule has 3 rings (SSSR count). The summed E-state index contributed by atoms with van der Waals surface area (Å²) >= 11 is 0. The van der Waals surface area contributed by atoms with Crippen LogP contribution >= 0.6 is 0 Å². The smallest absolute Gasteiger partial charge is 0.313 e. The largest absolute Gasteiger partial charge is 0.468 e. The number of amides is 3. The van der Waals surface area contributed by atoms with Crippen LogP contribution in [0, 0.1) is 0 Å². The van der Waals surface area contributed by atoms with Crippen LogP contribution in [0.4, 0.5) is 11.4 Å². The van der Waals surface area contributed by atoms with Gasteiger partial charge in [-0.15, -0.1) is 0 Å². The highest BCUT2D eigenvalue weighted by Gasteiger charge is 2.26. The molecule has 1 aromatic heterocycles. The molecule has 29 heavy (non-hydrogen) atoms. The lowest BCUT2D eigenvalue weighted by molar-refractivity contribution is -0.136. The number of ether oxygens (including phenoxy) is 1. The standard InChI is InChI=1S/C20H24N4O5/c1-14(25)22-15-4-2-5-16(12-15)23-20(27)19(26)21-13-17(18-6-3-9-29-18)24-7-10-28-11-8-24/h2-6,9,12,17H,7-8,10-11,13H2,1H3,(H,21,26)(H,22,25)(H,23,27). The van der Waals surface area contributed by atoms with Crippen LogP contribution in [-0.4, -0.2) is 55.5 Å². The second-order valence-electron chi connectivity index (χ2n) is 6.61. The maximum Gasteiger partial charge on any atom is 0.313 e. The third-order valence-corrected chi connectivity index (χ3v) is 4.46. The van der Waals surface area contributed by atoms with Crippen LogP contribution in [0.1, 0.15) is 18.7 Å². The summed E-state index contributed by atoms with van der Waals surface area (Å²) in [6.07, 6.45) is 1.58. The molecular formula is C20H24N4O5. The van der Waals surface area contributed by atoms with Gasteiger partial charge in [-0.1, -0.05) is 6.07 Å². The minimum Gasteiger partial charge on any atom is -0.468 e. The normalized spacial score (nSPS) is 15.3. The van der Waals surface area contributed by atoms with E-state index in [1.807, 2.05) is 6.07 Å². The lowest BCUT2D eigenvalue weighted by atomic mass is 10.1. The molecule has 3 N–H and O–H groups in total. The third-order valence-electron chi connectivity index (χ3n) is 4.46. The molecule has 1 saturated heterocycles. The van der Waals surface area contributed by atoms with Gasteiger partial charge >= 0.3 is 11.8 Å². The van der Waals surface area contributed by atoms with Crippen LogP contribution in [-0.2, 0) is 19.1 Å². The van der Waals surface area contributed by atoms with Crippen molar-refractivity contribution in [3.05, 3.63) is 48.4 Å². The van der Waals surface area contributed by atoms with Gasteiger partial charge in [-0.05, 0) is 30.3 Å². The van der Waals surface area contributed by atoms with E-state index in [2.05, 4.69) is 20.9 Å². The Balaban J connectivity index is 1.58. The number of benzene rings is 1. The highest BCUT2D eigenvalue weighted by atomic mass is 16.5. The van der Waals surface area contributed by atoms with Crippen LogP contribution in [0.25, 0.3) is 0 Å². The maximum atomic E-state index is 12.3. The second kappa shape index (κ2) is 9.85. The number of nitrogens with zero attached hydrogens (tertiary/aromatic N) is 1.